The third-order valence-corrected chi connectivity index (χ3v) is 4.74. The molecule has 2 aromatic rings. The highest BCUT2D eigenvalue weighted by molar-refractivity contribution is 5.74. The maximum atomic E-state index is 12.4. The number of aryl methyl sites for hydroxylation is 1. The number of nitrogens with one attached hydrogen (secondary N) is 1. The number of halogens is 2. The predicted molar refractivity (Wildman–Crippen MR) is 106 cm³/mol. The molecule has 0 spiro atoms. The van der Waals surface area contributed by atoms with Crippen LogP contribution in [0.15, 0.2) is 24.4 Å². The van der Waals surface area contributed by atoms with Crippen molar-refractivity contribution in [1.29, 1.82) is 0 Å². The van der Waals surface area contributed by atoms with Gasteiger partial charge in [0.2, 0.25) is 11.8 Å². The van der Waals surface area contributed by atoms with E-state index in [1.54, 1.807) is 19.2 Å². The van der Waals surface area contributed by atoms with E-state index in [4.69, 9.17) is 14.2 Å². The van der Waals surface area contributed by atoms with E-state index in [1.807, 2.05) is 0 Å². The summed E-state index contributed by atoms with van der Waals surface area (Å²) in [4.78, 5) is 19.6. The van der Waals surface area contributed by atoms with Gasteiger partial charge in [0.25, 0.3) is 12.4 Å². The fourth-order valence-electron chi connectivity index (χ4n) is 3.35. The molecule has 2 aromatic heterocycles. The first kappa shape index (κ1) is 21.9. The van der Waals surface area contributed by atoms with E-state index in [-0.39, 0.29) is 24.1 Å². The van der Waals surface area contributed by atoms with Gasteiger partial charge in [-0.3, -0.25) is 9.36 Å². The summed E-state index contributed by atoms with van der Waals surface area (Å²) in [7, 11) is 1.66. The number of hydrogen-bond donors (Lipinski definition) is 1. The lowest BCUT2D eigenvalue weighted by Gasteiger charge is -2.28. The number of pyridine rings is 1. The smallest absolute Gasteiger partial charge is 0.298 e. The largest absolute Gasteiger partial charge is 0.474 e. The van der Waals surface area contributed by atoms with E-state index in [9.17, 15) is 13.6 Å². The van der Waals surface area contributed by atoms with Crippen LogP contribution in [0.25, 0.3) is 11.2 Å². The summed E-state index contributed by atoms with van der Waals surface area (Å²) in [5.41, 5.74) is 1.60. The Hall–Kier alpha value is -2.75. The molecular weight excluding hydrogens is 398 g/mol. The summed E-state index contributed by atoms with van der Waals surface area (Å²) in [5, 5.41) is 2.61. The molecule has 0 atom stereocenters. The van der Waals surface area contributed by atoms with Crippen LogP contribution in [0, 0.1) is 0 Å². The number of aromatic nitrogens is 3. The van der Waals surface area contributed by atoms with Crippen molar-refractivity contribution >= 4 is 17.1 Å². The van der Waals surface area contributed by atoms with Gasteiger partial charge < -0.3 is 19.5 Å². The van der Waals surface area contributed by atoms with Gasteiger partial charge in [-0.05, 0) is 31.7 Å². The minimum Gasteiger partial charge on any atom is -0.474 e. The van der Waals surface area contributed by atoms with E-state index in [1.165, 1.54) is 11.5 Å². The van der Waals surface area contributed by atoms with Gasteiger partial charge in [-0.2, -0.15) is 9.97 Å². The van der Waals surface area contributed by atoms with E-state index in [2.05, 4.69) is 21.9 Å². The molecule has 1 N–H and O–H groups in total. The highest BCUT2D eigenvalue weighted by Gasteiger charge is 2.24. The van der Waals surface area contributed by atoms with Gasteiger partial charge in [0.1, 0.15) is 11.6 Å². The minimum absolute atomic E-state index is 0.0103. The van der Waals surface area contributed by atoms with Gasteiger partial charge >= 0.3 is 0 Å². The molecule has 8 nitrogen and oxygen atoms in total. The predicted octanol–water partition coefficient (Wildman–Crippen LogP) is 2.97. The van der Waals surface area contributed by atoms with Crippen molar-refractivity contribution in [2.75, 3.05) is 13.2 Å². The lowest BCUT2D eigenvalue weighted by Crippen LogP contribution is -2.30. The van der Waals surface area contributed by atoms with Crippen LogP contribution in [-0.2, 0) is 16.6 Å². The fraction of sp³-hybridized carbons (Fsp3) is 0.550. The van der Waals surface area contributed by atoms with Gasteiger partial charge in [-0.25, -0.2) is 8.78 Å². The number of imidazole rings is 1. The second-order valence-corrected chi connectivity index (χ2v) is 7.26. The number of hydrogen-bond acceptors (Lipinski definition) is 6. The van der Waals surface area contributed by atoms with Crippen molar-refractivity contribution in [3.8, 4) is 11.9 Å². The topological polar surface area (TPSA) is 87.5 Å². The van der Waals surface area contributed by atoms with Gasteiger partial charge in [0.15, 0.2) is 12.3 Å². The number of carbonyl (C=O) groups excluding carboxylic acids is 1. The van der Waals surface area contributed by atoms with Gasteiger partial charge in [0, 0.05) is 25.7 Å². The zero-order chi connectivity index (χ0) is 21.7. The molecule has 0 radical (unpaired) electrons. The Morgan fingerprint density at radius 3 is 2.63 bits per heavy atom. The molecule has 1 aliphatic carbocycles. The summed E-state index contributed by atoms with van der Waals surface area (Å²) < 4.78 is 43.1. The average molecular weight is 424 g/mol. The van der Waals surface area contributed by atoms with E-state index < -0.39 is 13.0 Å². The molecule has 0 aromatic carbocycles. The van der Waals surface area contributed by atoms with Crippen molar-refractivity contribution in [3.63, 3.8) is 0 Å². The highest BCUT2D eigenvalue weighted by atomic mass is 19.3. The standard InChI is InChI=1S/C20H26F2N4O4/c1-12(23-13(2)27)10-28-14-4-6-15(7-5-14)30-18-9-8-16-19(25-18)26(3)20(24-16)29-11-17(21)22/h8-9,14-15,17H,1,4-7,10-11H2,2-3H3,(H,23,27). The second kappa shape index (κ2) is 9.84. The third kappa shape index (κ3) is 5.88. The summed E-state index contributed by atoms with van der Waals surface area (Å²) in [6, 6.07) is 3.54. The SMILES string of the molecule is C=C(COC1CCC(Oc2ccc3nc(OCC(F)F)n(C)c3n2)CC1)NC(C)=O. The quantitative estimate of drug-likeness (QED) is 0.666. The first-order chi connectivity index (χ1) is 14.3. The molecule has 0 bridgehead atoms. The Bertz CT molecular complexity index is 894. The van der Waals surface area contributed by atoms with Crippen LogP contribution in [0.3, 0.4) is 0 Å². The molecule has 1 saturated carbocycles. The average Bonchev–Trinajstić information content (AvgIpc) is 3.01. The maximum absolute atomic E-state index is 12.4. The second-order valence-electron chi connectivity index (χ2n) is 7.26. The molecule has 1 amide bonds. The zero-order valence-corrected chi connectivity index (χ0v) is 17.1. The Balaban J connectivity index is 1.51. The number of amides is 1. The van der Waals surface area contributed by atoms with E-state index >= 15 is 0 Å². The molecule has 164 valence electrons. The molecule has 10 heteroatoms. The Kier molecular flexibility index (Phi) is 7.20. The van der Waals surface area contributed by atoms with E-state index in [0.29, 0.717) is 29.3 Å². The zero-order valence-electron chi connectivity index (χ0n) is 17.1. The van der Waals surface area contributed by atoms with Crippen LogP contribution in [0.1, 0.15) is 32.6 Å². The monoisotopic (exact) mass is 424 g/mol. The Morgan fingerprint density at radius 2 is 1.97 bits per heavy atom. The lowest BCUT2D eigenvalue weighted by molar-refractivity contribution is -0.118. The number of ether oxygens (including phenoxy) is 3. The fourth-order valence-corrected chi connectivity index (χ4v) is 3.35. The summed E-state index contributed by atoms with van der Waals surface area (Å²) in [6.07, 6.45) is 0.818. The van der Waals surface area contributed by atoms with Crippen molar-refractivity contribution in [1.82, 2.24) is 19.9 Å². The molecule has 0 saturated heterocycles. The molecule has 2 heterocycles. The van der Waals surface area contributed by atoms with E-state index in [0.717, 1.165) is 25.7 Å². The molecule has 30 heavy (non-hydrogen) atoms. The number of rotatable bonds is 9. The van der Waals surface area contributed by atoms with Crippen molar-refractivity contribution in [3.05, 3.63) is 24.4 Å². The number of carbonyl (C=O) groups is 1. The Labute approximate surface area is 173 Å². The number of alkyl halides is 2. The van der Waals surface area contributed by atoms with Gasteiger partial charge in [-0.15, -0.1) is 0 Å². The summed E-state index contributed by atoms with van der Waals surface area (Å²) >= 11 is 0. The molecule has 0 unspecified atom stereocenters. The van der Waals surface area contributed by atoms with Crippen molar-refractivity contribution < 1.29 is 27.8 Å². The number of nitrogens with zero attached hydrogens (tertiary/aromatic N) is 3. The third-order valence-electron chi connectivity index (χ3n) is 4.74. The van der Waals surface area contributed by atoms with Crippen LogP contribution >= 0.6 is 0 Å². The van der Waals surface area contributed by atoms with Crippen LogP contribution in [-0.4, -0.2) is 52.3 Å². The first-order valence-electron chi connectivity index (χ1n) is 9.80. The van der Waals surface area contributed by atoms with Crippen LogP contribution in [0.4, 0.5) is 8.78 Å². The van der Waals surface area contributed by atoms with Crippen LogP contribution in [0.2, 0.25) is 0 Å². The normalized spacial score (nSPS) is 19.1. The van der Waals surface area contributed by atoms with Crippen molar-refractivity contribution in [2.24, 2.45) is 7.05 Å². The van der Waals surface area contributed by atoms with Gasteiger partial charge in [0.05, 0.1) is 12.7 Å². The van der Waals surface area contributed by atoms with Gasteiger partial charge in [-0.1, -0.05) is 6.58 Å². The summed E-state index contributed by atoms with van der Waals surface area (Å²) in [6.45, 7) is 4.77. The van der Waals surface area contributed by atoms with Crippen LogP contribution < -0.4 is 14.8 Å². The molecule has 1 fully saturated rings. The minimum atomic E-state index is -2.57. The van der Waals surface area contributed by atoms with Crippen LogP contribution in [0.5, 0.6) is 11.9 Å². The molecule has 0 aliphatic heterocycles. The lowest BCUT2D eigenvalue weighted by atomic mass is 9.95. The summed E-state index contributed by atoms with van der Waals surface area (Å²) in [5.74, 6) is 0.292. The molecular formula is C20H26F2N4O4. The Morgan fingerprint density at radius 1 is 1.27 bits per heavy atom. The highest BCUT2D eigenvalue weighted by Crippen LogP contribution is 2.27. The molecule has 1 aliphatic rings. The maximum Gasteiger partial charge on any atom is 0.298 e. The number of fused-ring (bicyclic) bond motifs is 1. The first-order valence-corrected chi connectivity index (χ1v) is 9.80. The van der Waals surface area contributed by atoms with Crippen molar-refractivity contribution in [2.45, 2.75) is 51.2 Å². The molecule has 3 rings (SSSR count).